The molecule has 0 saturated heterocycles. The summed E-state index contributed by atoms with van der Waals surface area (Å²) >= 11 is 5.66. The zero-order valence-electron chi connectivity index (χ0n) is 11.0. The van der Waals surface area contributed by atoms with Crippen LogP contribution in [0.4, 0.5) is 0 Å². The summed E-state index contributed by atoms with van der Waals surface area (Å²) in [6.45, 7) is 7.58. The number of carbonyl (C=O) groups is 1. The van der Waals surface area contributed by atoms with Crippen molar-refractivity contribution >= 4 is 17.5 Å². The van der Waals surface area contributed by atoms with Crippen molar-refractivity contribution in [3.8, 4) is 0 Å². The summed E-state index contributed by atoms with van der Waals surface area (Å²) in [6.07, 6.45) is 0. The topological polar surface area (TPSA) is 64.0 Å². The second-order valence-corrected chi connectivity index (χ2v) is 5.04. The SMILES string of the molecule is Cc1nc(Cl)cc(=O)n1CC(=O)NC(C)C(C)C. The molecule has 1 aromatic heterocycles. The molecule has 0 saturated carbocycles. The number of carbonyl (C=O) groups excluding carboxylic acids is 1. The monoisotopic (exact) mass is 271 g/mol. The highest BCUT2D eigenvalue weighted by molar-refractivity contribution is 6.29. The van der Waals surface area contributed by atoms with E-state index in [0.29, 0.717) is 11.7 Å². The van der Waals surface area contributed by atoms with E-state index in [1.165, 1.54) is 10.6 Å². The molecule has 18 heavy (non-hydrogen) atoms. The third kappa shape index (κ3) is 3.84. The van der Waals surface area contributed by atoms with Crippen LogP contribution in [0.1, 0.15) is 26.6 Å². The van der Waals surface area contributed by atoms with Crippen LogP contribution >= 0.6 is 11.6 Å². The minimum atomic E-state index is -0.320. The highest BCUT2D eigenvalue weighted by Gasteiger charge is 2.13. The molecule has 6 heteroatoms. The lowest BCUT2D eigenvalue weighted by Gasteiger charge is -2.18. The van der Waals surface area contributed by atoms with Gasteiger partial charge in [-0.1, -0.05) is 25.4 Å². The van der Waals surface area contributed by atoms with E-state index in [1.807, 2.05) is 20.8 Å². The lowest BCUT2D eigenvalue weighted by Crippen LogP contribution is -2.40. The number of rotatable bonds is 4. The predicted octanol–water partition coefficient (Wildman–Crippen LogP) is 1.37. The Bertz CT molecular complexity index is 497. The molecule has 1 N–H and O–H groups in total. The highest BCUT2D eigenvalue weighted by Crippen LogP contribution is 2.02. The largest absolute Gasteiger partial charge is 0.352 e. The standard InChI is InChI=1S/C12H18ClN3O2/c1-7(2)8(3)14-11(17)6-16-9(4)15-10(13)5-12(16)18/h5,7-8H,6H2,1-4H3,(H,14,17). The van der Waals surface area contributed by atoms with Crippen LogP contribution in [0.2, 0.25) is 5.15 Å². The average molecular weight is 272 g/mol. The fourth-order valence-electron chi connectivity index (χ4n) is 1.39. The Kier molecular flexibility index (Phi) is 4.90. The maximum atomic E-state index is 11.8. The van der Waals surface area contributed by atoms with Crippen molar-refractivity contribution in [3.63, 3.8) is 0 Å². The average Bonchev–Trinajstić information content (AvgIpc) is 2.23. The minimum Gasteiger partial charge on any atom is -0.352 e. The maximum absolute atomic E-state index is 11.8. The van der Waals surface area contributed by atoms with Gasteiger partial charge in [0.25, 0.3) is 5.56 Å². The van der Waals surface area contributed by atoms with Crippen LogP contribution in [0.3, 0.4) is 0 Å². The van der Waals surface area contributed by atoms with Gasteiger partial charge in [-0.3, -0.25) is 14.2 Å². The molecule has 1 atom stereocenters. The Morgan fingerprint density at radius 3 is 2.61 bits per heavy atom. The van der Waals surface area contributed by atoms with Crippen LogP contribution in [0.25, 0.3) is 0 Å². The van der Waals surface area contributed by atoms with Gasteiger partial charge in [0.05, 0.1) is 0 Å². The minimum absolute atomic E-state index is 0.0358. The number of amides is 1. The van der Waals surface area contributed by atoms with Crippen molar-refractivity contribution in [1.82, 2.24) is 14.9 Å². The van der Waals surface area contributed by atoms with Crippen molar-refractivity contribution in [1.29, 1.82) is 0 Å². The highest BCUT2D eigenvalue weighted by atomic mass is 35.5. The number of halogens is 1. The summed E-state index contributed by atoms with van der Waals surface area (Å²) in [5, 5.41) is 2.98. The summed E-state index contributed by atoms with van der Waals surface area (Å²) in [5.74, 6) is 0.570. The molecular formula is C12H18ClN3O2. The molecule has 0 radical (unpaired) electrons. The first-order valence-electron chi connectivity index (χ1n) is 5.84. The Labute approximate surface area is 111 Å². The zero-order valence-corrected chi connectivity index (χ0v) is 11.8. The molecule has 0 fully saturated rings. The Morgan fingerprint density at radius 1 is 1.50 bits per heavy atom. The van der Waals surface area contributed by atoms with Gasteiger partial charge >= 0.3 is 0 Å². The van der Waals surface area contributed by atoms with Crippen LogP contribution in [0, 0.1) is 12.8 Å². The molecule has 0 spiro atoms. The smallest absolute Gasteiger partial charge is 0.255 e. The summed E-state index contributed by atoms with van der Waals surface area (Å²) < 4.78 is 1.30. The van der Waals surface area contributed by atoms with E-state index in [4.69, 9.17) is 11.6 Å². The molecular weight excluding hydrogens is 254 g/mol. The van der Waals surface area contributed by atoms with Crippen molar-refractivity contribution in [2.45, 2.75) is 40.3 Å². The van der Waals surface area contributed by atoms with Gasteiger partial charge in [0, 0.05) is 12.1 Å². The van der Waals surface area contributed by atoms with E-state index in [1.54, 1.807) is 6.92 Å². The van der Waals surface area contributed by atoms with Gasteiger partial charge in [0.1, 0.15) is 17.5 Å². The molecule has 1 amide bonds. The second kappa shape index (κ2) is 6.00. The lowest BCUT2D eigenvalue weighted by molar-refractivity contribution is -0.122. The third-order valence-corrected chi connectivity index (χ3v) is 3.05. The van der Waals surface area contributed by atoms with Gasteiger partial charge in [-0.15, -0.1) is 0 Å². The molecule has 1 rings (SSSR count). The first-order chi connectivity index (χ1) is 8.31. The summed E-state index contributed by atoms with van der Waals surface area (Å²) in [5.41, 5.74) is -0.320. The fraction of sp³-hybridized carbons (Fsp3) is 0.583. The van der Waals surface area contributed by atoms with Gasteiger partial charge in [0.2, 0.25) is 5.91 Å². The van der Waals surface area contributed by atoms with E-state index in [2.05, 4.69) is 10.3 Å². The first kappa shape index (κ1) is 14.7. The van der Waals surface area contributed by atoms with Gasteiger partial charge in [0.15, 0.2) is 0 Å². The Hall–Kier alpha value is -1.36. The van der Waals surface area contributed by atoms with Crippen LogP contribution < -0.4 is 10.9 Å². The second-order valence-electron chi connectivity index (χ2n) is 4.65. The van der Waals surface area contributed by atoms with Crippen LogP contribution in [0.5, 0.6) is 0 Å². The van der Waals surface area contributed by atoms with E-state index < -0.39 is 0 Å². The van der Waals surface area contributed by atoms with E-state index in [-0.39, 0.29) is 29.2 Å². The molecule has 0 bridgehead atoms. The quantitative estimate of drug-likeness (QED) is 0.841. The molecule has 1 aromatic rings. The van der Waals surface area contributed by atoms with Gasteiger partial charge < -0.3 is 5.32 Å². The van der Waals surface area contributed by atoms with Crippen LogP contribution in [-0.4, -0.2) is 21.5 Å². The number of nitrogens with zero attached hydrogens (tertiary/aromatic N) is 2. The molecule has 0 aliphatic carbocycles. The number of aromatic nitrogens is 2. The van der Waals surface area contributed by atoms with E-state index >= 15 is 0 Å². The van der Waals surface area contributed by atoms with Crippen molar-refractivity contribution in [3.05, 3.63) is 27.4 Å². The molecule has 5 nitrogen and oxygen atoms in total. The number of hydrogen-bond donors (Lipinski definition) is 1. The summed E-state index contributed by atoms with van der Waals surface area (Å²) in [7, 11) is 0. The number of hydrogen-bond acceptors (Lipinski definition) is 3. The van der Waals surface area contributed by atoms with Crippen LogP contribution in [-0.2, 0) is 11.3 Å². The maximum Gasteiger partial charge on any atom is 0.255 e. The van der Waals surface area contributed by atoms with E-state index in [9.17, 15) is 9.59 Å². The molecule has 0 aliphatic heterocycles. The number of nitrogens with one attached hydrogen (secondary N) is 1. The molecule has 1 heterocycles. The van der Waals surface area contributed by atoms with Gasteiger partial charge in [-0.2, -0.15) is 0 Å². The van der Waals surface area contributed by atoms with Crippen molar-refractivity contribution in [2.75, 3.05) is 0 Å². The molecule has 0 aliphatic rings. The third-order valence-electron chi connectivity index (χ3n) is 2.86. The summed E-state index contributed by atoms with van der Waals surface area (Å²) in [6, 6.07) is 1.27. The van der Waals surface area contributed by atoms with E-state index in [0.717, 1.165) is 0 Å². The Balaban J connectivity index is 2.80. The Morgan fingerprint density at radius 2 is 2.11 bits per heavy atom. The number of aryl methyl sites for hydroxylation is 1. The zero-order chi connectivity index (χ0) is 13.9. The molecule has 1 unspecified atom stereocenters. The lowest BCUT2D eigenvalue weighted by atomic mass is 10.1. The molecule has 100 valence electrons. The fourth-order valence-corrected chi connectivity index (χ4v) is 1.60. The van der Waals surface area contributed by atoms with Crippen molar-refractivity contribution < 1.29 is 4.79 Å². The van der Waals surface area contributed by atoms with Crippen LogP contribution in [0.15, 0.2) is 10.9 Å². The summed E-state index contributed by atoms with van der Waals surface area (Å²) in [4.78, 5) is 27.4. The molecule has 0 aromatic carbocycles. The van der Waals surface area contributed by atoms with Gasteiger partial charge in [-0.25, -0.2) is 4.98 Å². The normalized spacial score (nSPS) is 12.6. The van der Waals surface area contributed by atoms with Gasteiger partial charge in [-0.05, 0) is 19.8 Å². The van der Waals surface area contributed by atoms with Crippen molar-refractivity contribution in [2.24, 2.45) is 5.92 Å². The first-order valence-corrected chi connectivity index (χ1v) is 6.22. The predicted molar refractivity (Wildman–Crippen MR) is 70.7 cm³/mol.